The van der Waals surface area contributed by atoms with Gasteiger partial charge in [0.25, 0.3) is 0 Å². The average molecular weight is 282 g/mol. The maximum atomic E-state index is 12.4. The molecule has 1 aromatic carbocycles. The molecule has 0 fully saturated rings. The maximum Gasteiger partial charge on any atom is 0.244 e. The first-order valence-electron chi connectivity index (χ1n) is 6.05. The summed E-state index contributed by atoms with van der Waals surface area (Å²) in [5.41, 5.74) is 7.01. The summed E-state index contributed by atoms with van der Waals surface area (Å²) in [4.78, 5) is 0.0880. The molecule has 0 saturated carbocycles. The summed E-state index contributed by atoms with van der Waals surface area (Å²) in [6, 6.07) is 2.99. The molecule has 1 aromatic rings. The zero-order valence-electron chi connectivity index (χ0n) is 11.0. The molecule has 0 unspecified atom stereocenters. The predicted molar refractivity (Wildman–Crippen MR) is 74.6 cm³/mol. The quantitative estimate of drug-likeness (QED) is 0.649. The van der Waals surface area contributed by atoms with Crippen molar-refractivity contribution >= 4 is 15.7 Å². The summed E-state index contributed by atoms with van der Waals surface area (Å²) < 4.78 is 32.5. The third-order valence-corrected chi connectivity index (χ3v) is 4.71. The Kier molecular flexibility index (Phi) is 3.82. The SMILES string of the molecule is COc1cc(C)c(N)cc1S(=O)(=O)NC1CC=CC1. The molecule has 0 aromatic heterocycles. The van der Waals surface area contributed by atoms with Crippen LogP contribution in [0.2, 0.25) is 0 Å². The van der Waals surface area contributed by atoms with E-state index in [0.717, 1.165) is 5.56 Å². The van der Waals surface area contributed by atoms with Crippen molar-refractivity contribution in [3.63, 3.8) is 0 Å². The molecule has 0 saturated heterocycles. The minimum absolute atomic E-state index is 0.0859. The summed E-state index contributed by atoms with van der Waals surface area (Å²) >= 11 is 0. The number of nitrogens with one attached hydrogen (secondary N) is 1. The molecule has 104 valence electrons. The van der Waals surface area contributed by atoms with Gasteiger partial charge in [0.05, 0.1) is 7.11 Å². The van der Waals surface area contributed by atoms with Crippen LogP contribution in [0.3, 0.4) is 0 Å². The molecule has 2 rings (SSSR count). The smallest absolute Gasteiger partial charge is 0.244 e. The van der Waals surface area contributed by atoms with Crippen molar-refractivity contribution in [1.82, 2.24) is 4.72 Å². The first-order valence-corrected chi connectivity index (χ1v) is 7.54. The second-order valence-corrected chi connectivity index (χ2v) is 6.30. The Hall–Kier alpha value is -1.53. The first-order chi connectivity index (χ1) is 8.94. The minimum Gasteiger partial charge on any atom is -0.495 e. The van der Waals surface area contributed by atoms with Crippen LogP contribution in [0.25, 0.3) is 0 Å². The van der Waals surface area contributed by atoms with Gasteiger partial charge in [-0.15, -0.1) is 0 Å². The number of aryl methyl sites for hydroxylation is 1. The van der Waals surface area contributed by atoms with E-state index in [4.69, 9.17) is 10.5 Å². The number of anilines is 1. The van der Waals surface area contributed by atoms with Gasteiger partial charge < -0.3 is 10.5 Å². The highest BCUT2D eigenvalue weighted by molar-refractivity contribution is 7.89. The summed E-state index contributed by atoms with van der Waals surface area (Å²) in [5, 5.41) is 0. The van der Waals surface area contributed by atoms with Gasteiger partial charge in [-0.1, -0.05) is 12.2 Å². The summed E-state index contributed by atoms with van der Waals surface area (Å²) in [5.74, 6) is 0.310. The lowest BCUT2D eigenvalue weighted by Crippen LogP contribution is -2.33. The molecule has 0 heterocycles. The molecule has 1 aliphatic carbocycles. The number of benzene rings is 1. The zero-order chi connectivity index (χ0) is 14.0. The van der Waals surface area contributed by atoms with E-state index in [0.29, 0.717) is 24.3 Å². The van der Waals surface area contributed by atoms with Crippen molar-refractivity contribution in [3.8, 4) is 5.75 Å². The second-order valence-electron chi connectivity index (χ2n) is 4.62. The van der Waals surface area contributed by atoms with E-state index < -0.39 is 10.0 Å². The van der Waals surface area contributed by atoms with Gasteiger partial charge in [0.15, 0.2) is 0 Å². The number of hydrogen-bond acceptors (Lipinski definition) is 4. The predicted octanol–water partition coefficient (Wildman–Crippen LogP) is 1.58. The van der Waals surface area contributed by atoms with Gasteiger partial charge in [-0.3, -0.25) is 0 Å². The molecular weight excluding hydrogens is 264 g/mol. The lowest BCUT2D eigenvalue weighted by Gasteiger charge is -2.16. The Labute approximate surface area is 113 Å². The number of methoxy groups -OCH3 is 1. The molecular formula is C13H18N2O3S. The summed E-state index contributed by atoms with van der Waals surface area (Å²) in [6.45, 7) is 1.81. The molecule has 3 N–H and O–H groups in total. The lowest BCUT2D eigenvalue weighted by atomic mass is 10.2. The minimum atomic E-state index is -3.62. The molecule has 0 aliphatic heterocycles. The number of nitrogen functional groups attached to an aromatic ring is 1. The highest BCUT2D eigenvalue weighted by Gasteiger charge is 2.24. The number of ether oxygens (including phenoxy) is 1. The second kappa shape index (κ2) is 5.22. The zero-order valence-corrected chi connectivity index (χ0v) is 11.8. The van der Waals surface area contributed by atoms with Crippen LogP contribution in [0, 0.1) is 6.92 Å². The molecule has 0 bridgehead atoms. The third-order valence-electron chi connectivity index (χ3n) is 3.17. The summed E-state index contributed by atoms with van der Waals surface area (Å²) in [6.07, 6.45) is 5.35. The van der Waals surface area contributed by atoms with Crippen LogP contribution in [-0.4, -0.2) is 21.6 Å². The van der Waals surface area contributed by atoms with Gasteiger partial charge >= 0.3 is 0 Å². The molecule has 19 heavy (non-hydrogen) atoms. The van der Waals surface area contributed by atoms with Crippen molar-refractivity contribution < 1.29 is 13.2 Å². The number of hydrogen-bond donors (Lipinski definition) is 2. The van der Waals surface area contributed by atoms with E-state index in [2.05, 4.69) is 4.72 Å². The average Bonchev–Trinajstić information content (AvgIpc) is 2.84. The molecule has 6 heteroatoms. The topological polar surface area (TPSA) is 81.4 Å². The fraction of sp³-hybridized carbons (Fsp3) is 0.385. The van der Waals surface area contributed by atoms with Crippen LogP contribution < -0.4 is 15.2 Å². The Balaban J connectivity index is 2.36. The monoisotopic (exact) mass is 282 g/mol. The van der Waals surface area contributed by atoms with Gasteiger partial charge in [0.2, 0.25) is 10.0 Å². The van der Waals surface area contributed by atoms with Crippen LogP contribution in [0.15, 0.2) is 29.2 Å². The lowest BCUT2D eigenvalue weighted by molar-refractivity contribution is 0.402. The molecule has 0 radical (unpaired) electrons. The van der Waals surface area contributed by atoms with Crippen LogP contribution in [0.4, 0.5) is 5.69 Å². The standard InChI is InChI=1S/C13H18N2O3S/c1-9-7-12(18-2)13(8-11(9)14)19(16,17)15-10-5-3-4-6-10/h3-4,7-8,10,15H,5-6,14H2,1-2H3. The van der Waals surface area contributed by atoms with E-state index in [1.54, 1.807) is 6.07 Å². The van der Waals surface area contributed by atoms with Gasteiger partial charge in [-0.25, -0.2) is 13.1 Å². The van der Waals surface area contributed by atoms with E-state index in [1.165, 1.54) is 13.2 Å². The molecule has 0 amide bonds. The molecule has 0 atom stereocenters. The van der Waals surface area contributed by atoms with Gasteiger partial charge in [-0.2, -0.15) is 0 Å². The maximum absolute atomic E-state index is 12.4. The highest BCUT2D eigenvalue weighted by atomic mass is 32.2. The molecule has 5 nitrogen and oxygen atoms in total. The Morgan fingerprint density at radius 1 is 1.32 bits per heavy atom. The van der Waals surface area contributed by atoms with E-state index in [9.17, 15) is 8.42 Å². The molecule has 0 spiro atoms. The van der Waals surface area contributed by atoms with E-state index in [-0.39, 0.29) is 10.9 Å². The Bertz CT molecular complexity index is 601. The van der Waals surface area contributed by atoms with Crippen LogP contribution >= 0.6 is 0 Å². The first kappa shape index (κ1) is 13.9. The van der Waals surface area contributed by atoms with E-state index >= 15 is 0 Å². The van der Waals surface area contributed by atoms with Crippen molar-refractivity contribution in [2.75, 3.05) is 12.8 Å². The third kappa shape index (κ3) is 2.90. The van der Waals surface area contributed by atoms with Crippen molar-refractivity contribution in [2.24, 2.45) is 0 Å². The number of nitrogens with two attached hydrogens (primary N) is 1. The van der Waals surface area contributed by atoms with Crippen LogP contribution in [-0.2, 0) is 10.0 Å². The van der Waals surface area contributed by atoms with Gasteiger partial charge in [-0.05, 0) is 37.5 Å². The fourth-order valence-corrected chi connectivity index (χ4v) is 3.49. The van der Waals surface area contributed by atoms with Crippen LogP contribution in [0.1, 0.15) is 18.4 Å². The van der Waals surface area contributed by atoms with Crippen molar-refractivity contribution in [2.45, 2.75) is 30.7 Å². The Morgan fingerprint density at radius 3 is 2.53 bits per heavy atom. The van der Waals surface area contributed by atoms with Gasteiger partial charge in [0, 0.05) is 11.7 Å². The summed E-state index contributed by atoms with van der Waals surface area (Å²) in [7, 11) is -2.18. The van der Waals surface area contributed by atoms with Gasteiger partial charge in [0.1, 0.15) is 10.6 Å². The Morgan fingerprint density at radius 2 is 1.95 bits per heavy atom. The van der Waals surface area contributed by atoms with E-state index in [1.807, 2.05) is 19.1 Å². The number of rotatable bonds is 4. The van der Waals surface area contributed by atoms with Crippen molar-refractivity contribution in [3.05, 3.63) is 29.8 Å². The largest absolute Gasteiger partial charge is 0.495 e. The highest BCUT2D eigenvalue weighted by Crippen LogP contribution is 2.29. The van der Waals surface area contributed by atoms with Crippen molar-refractivity contribution in [1.29, 1.82) is 0 Å². The normalized spacial score (nSPS) is 15.9. The molecule has 1 aliphatic rings. The van der Waals surface area contributed by atoms with Crippen LogP contribution in [0.5, 0.6) is 5.75 Å². The number of sulfonamides is 1. The fourth-order valence-electron chi connectivity index (χ4n) is 2.04.